The number of rotatable bonds is 2. The third-order valence-corrected chi connectivity index (χ3v) is 3.80. The SMILES string of the molecule is Clc1ccc(-c2nc3cc(N4CCNCC4)ccn3n2)o1. The molecule has 1 aliphatic rings. The van der Waals surface area contributed by atoms with Gasteiger partial charge in [0.1, 0.15) is 0 Å². The number of pyridine rings is 1. The van der Waals surface area contributed by atoms with E-state index in [4.69, 9.17) is 16.0 Å². The molecule has 1 N–H and O–H groups in total. The van der Waals surface area contributed by atoms with Gasteiger partial charge in [0, 0.05) is 44.1 Å². The van der Waals surface area contributed by atoms with Crippen LogP contribution in [0.4, 0.5) is 5.69 Å². The van der Waals surface area contributed by atoms with Crippen molar-refractivity contribution in [2.75, 3.05) is 31.1 Å². The van der Waals surface area contributed by atoms with E-state index in [1.54, 1.807) is 16.6 Å². The van der Waals surface area contributed by atoms with Gasteiger partial charge in [-0.3, -0.25) is 0 Å². The lowest BCUT2D eigenvalue weighted by Gasteiger charge is -2.29. The molecule has 6 nitrogen and oxygen atoms in total. The second kappa shape index (κ2) is 5.05. The molecule has 0 aliphatic carbocycles. The number of hydrogen-bond donors (Lipinski definition) is 1. The van der Waals surface area contributed by atoms with Crippen molar-refractivity contribution in [1.82, 2.24) is 19.9 Å². The quantitative estimate of drug-likeness (QED) is 0.785. The Morgan fingerprint density at radius 2 is 2.05 bits per heavy atom. The van der Waals surface area contributed by atoms with Crippen LogP contribution < -0.4 is 10.2 Å². The number of piperazine rings is 1. The summed E-state index contributed by atoms with van der Waals surface area (Å²) in [5.41, 5.74) is 1.97. The number of fused-ring (bicyclic) bond motifs is 1. The van der Waals surface area contributed by atoms with E-state index in [9.17, 15) is 0 Å². The number of nitrogens with zero attached hydrogens (tertiary/aromatic N) is 4. The lowest BCUT2D eigenvalue weighted by atomic mass is 10.3. The molecule has 0 atom stereocenters. The van der Waals surface area contributed by atoms with E-state index >= 15 is 0 Å². The Balaban J connectivity index is 1.71. The Morgan fingerprint density at radius 1 is 1.19 bits per heavy atom. The van der Waals surface area contributed by atoms with Crippen molar-refractivity contribution in [3.63, 3.8) is 0 Å². The number of furan rings is 1. The number of nitrogens with one attached hydrogen (secondary N) is 1. The smallest absolute Gasteiger partial charge is 0.217 e. The third kappa shape index (κ3) is 2.36. The molecule has 0 bridgehead atoms. The van der Waals surface area contributed by atoms with Gasteiger partial charge in [0.05, 0.1) is 0 Å². The predicted octanol–water partition coefficient (Wildman–Crippen LogP) is 2.05. The van der Waals surface area contributed by atoms with E-state index in [1.165, 1.54) is 5.69 Å². The Hall–Kier alpha value is -2.05. The average molecular weight is 304 g/mol. The normalized spacial score (nSPS) is 15.8. The van der Waals surface area contributed by atoms with E-state index in [0.717, 1.165) is 31.8 Å². The van der Waals surface area contributed by atoms with Crippen molar-refractivity contribution in [2.24, 2.45) is 0 Å². The van der Waals surface area contributed by atoms with Crippen molar-refractivity contribution in [3.05, 3.63) is 35.7 Å². The highest BCUT2D eigenvalue weighted by molar-refractivity contribution is 6.28. The molecular weight excluding hydrogens is 290 g/mol. The molecule has 0 spiro atoms. The highest BCUT2D eigenvalue weighted by Gasteiger charge is 2.14. The van der Waals surface area contributed by atoms with Crippen LogP contribution in [0, 0.1) is 0 Å². The Labute approximate surface area is 126 Å². The van der Waals surface area contributed by atoms with Gasteiger partial charge in [-0.2, -0.15) is 0 Å². The standard InChI is InChI=1S/C14H14ClN5O/c15-12-2-1-11(21-12)14-17-13-9-10(3-6-20(13)18-14)19-7-4-16-5-8-19/h1-3,6,9,16H,4-5,7-8H2. The zero-order valence-electron chi connectivity index (χ0n) is 11.3. The third-order valence-electron chi connectivity index (χ3n) is 3.60. The molecule has 0 amide bonds. The summed E-state index contributed by atoms with van der Waals surface area (Å²) < 4.78 is 7.10. The minimum absolute atomic E-state index is 0.338. The van der Waals surface area contributed by atoms with Gasteiger partial charge in [-0.05, 0) is 29.8 Å². The maximum absolute atomic E-state index is 5.79. The van der Waals surface area contributed by atoms with Crippen LogP contribution in [0.3, 0.4) is 0 Å². The summed E-state index contributed by atoms with van der Waals surface area (Å²) in [6, 6.07) is 7.57. The summed E-state index contributed by atoms with van der Waals surface area (Å²) in [6.45, 7) is 4.03. The van der Waals surface area contributed by atoms with Crippen LogP contribution >= 0.6 is 11.6 Å². The van der Waals surface area contributed by atoms with Gasteiger partial charge < -0.3 is 14.6 Å². The topological polar surface area (TPSA) is 58.6 Å². The van der Waals surface area contributed by atoms with Gasteiger partial charge in [0.2, 0.25) is 5.82 Å². The fourth-order valence-corrected chi connectivity index (χ4v) is 2.68. The minimum Gasteiger partial charge on any atom is -0.441 e. The average Bonchev–Trinajstić information content (AvgIpc) is 3.13. The van der Waals surface area contributed by atoms with E-state index in [-0.39, 0.29) is 0 Å². The largest absolute Gasteiger partial charge is 0.441 e. The summed E-state index contributed by atoms with van der Waals surface area (Å²) in [6.07, 6.45) is 1.92. The second-order valence-corrected chi connectivity index (χ2v) is 5.34. The molecule has 3 aromatic rings. The van der Waals surface area contributed by atoms with Gasteiger partial charge in [0.15, 0.2) is 16.6 Å². The highest BCUT2D eigenvalue weighted by Crippen LogP contribution is 2.23. The van der Waals surface area contributed by atoms with Crippen LogP contribution in [-0.2, 0) is 0 Å². The van der Waals surface area contributed by atoms with E-state index in [2.05, 4.69) is 26.4 Å². The lowest BCUT2D eigenvalue weighted by Crippen LogP contribution is -2.43. The van der Waals surface area contributed by atoms with Crippen molar-refractivity contribution < 1.29 is 4.42 Å². The van der Waals surface area contributed by atoms with Crippen molar-refractivity contribution in [2.45, 2.75) is 0 Å². The fourth-order valence-electron chi connectivity index (χ4n) is 2.53. The van der Waals surface area contributed by atoms with Gasteiger partial charge in [-0.25, -0.2) is 9.50 Å². The summed E-state index contributed by atoms with van der Waals surface area (Å²) in [7, 11) is 0. The van der Waals surface area contributed by atoms with Crippen LogP contribution in [0.15, 0.2) is 34.9 Å². The molecule has 0 saturated carbocycles. The first-order chi connectivity index (χ1) is 10.3. The molecule has 4 rings (SSSR count). The van der Waals surface area contributed by atoms with Crippen LogP contribution in [0.2, 0.25) is 5.22 Å². The number of hydrogen-bond acceptors (Lipinski definition) is 5. The van der Waals surface area contributed by atoms with Crippen LogP contribution in [0.25, 0.3) is 17.2 Å². The molecule has 0 unspecified atom stereocenters. The summed E-state index contributed by atoms with van der Waals surface area (Å²) >= 11 is 5.79. The summed E-state index contributed by atoms with van der Waals surface area (Å²) in [4.78, 5) is 6.85. The molecule has 0 radical (unpaired) electrons. The minimum atomic E-state index is 0.338. The van der Waals surface area contributed by atoms with E-state index < -0.39 is 0 Å². The van der Waals surface area contributed by atoms with Crippen molar-refractivity contribution in [1.29, 1.82) is 0 Å². The van der Waals surface area contributed by atoms with E-state index in [1.807, 2.05) is 12.3 Å². The molecule has 1 fully saturated rings. The van der Waals surface area contributed by atoms with Crippen LogP contribution in [0.1, 0.15) is 0 Å². The predicted molar refractivity (Wildman–Crippen MR) is 80.8 cm³/mol. The fraction of sp³-hybridized carbons (Fsp3) is 0.286. The molecule has 1 saturated heterocycles. The lowest BCUT2D eigenvalue weighted by molar-refractivity contribution is 0.579. The zero-order valence-corrected chi connectivity index (χ0v) is 12.0. The molecule has 0 aromatic carbocycles. The van der Waals surface area contributed by atoms with Crippen molar-refractivity contribution >= 4 is 22.9 Å². The van der Waals surface area contributed by atoms with Gasteiger partial charge >= 0.3 is 0 Å². The Morgan fingerprint density at radius 3 is 2.81 bits per heavy atom. The zero-order chi connectivity index (χ0) is 14.2. The van der Waals surface area contributed by atoms with Crippen molar-refractivity contribution in [3.8, 4) is 11.6 Å². The second-order valence-electron chi connectivity index (χ2n) is 4.96. The molecule has 1 aliphatic heterocycles. The Bertz CT molecular complexity index is 775. The first-order valence-corrected chi connectivity index (χ1v) is 7.25. The maximum atomic E-state index is 5.79. The Kier molecular flexibility index (Phi) is 3.05. The molecular formula is C14H14ClN5O. The highest BCUT2D eigenvalue weighted by atomic mass is 35.5. The maximum Gasteiger partial charge on any atom is 0.217 e. The number of aromatic nitrogens is 3. The summed E-state index contributed by atoms with van der Waals surface area (Å²) in [5, 5.41) is 8.09. The van der Waals surface area contributed by atoms with Crippen LogP contribution in [0.5, 0.6) is 0 Å². The number of anilines is 1. The molecule has 3 aromatic heterocycles. The molecule has 21 heavy (non-hydrogen) atoms. The van der Waals surface area contributed by atoms with Gasteiger partial charge in [-0.1, -0.05) is 0 Å². The molecule has 108 valence electrons. The molecule has 4 heterocycles. The first-order valence-electron chi connectivity index (χ1n) is 6.87. The molecule has 7 heteroatoms. The first kappa shape index (κ1) is 12.7. The van der Waals surface area contributed by atoms with Gasteiger partial charge in [0.25, 0.3) is 0 Å². The van der Waals surface area contributed by atoms with Crippen LogP contribution in [-0.4, -0.2) is 40.8 Å². The number of halogens is 1. The van der Waals surface area contributed by atoms with E-state index in [0.29, 0.717) is 16.8 Å². The monoisotopic (exact) mass is 303 g/mol. The van der Waals surface area contributed by atoms with Gasteiger partial charge in [-0.15, -0.1) is 5.10 Å². The summed E-state index contributed by atoms with van der Waals surface area (Å²) in [5.74, 6) is 1.12.